The van der Waals surface area contributed by atoms with E-state index in [1.807, 2.05) is 13.0 Å². The number of hydrogen-bond donors (Lipinski definition) is 4. The SMILES string of the molecule is CC(CO)CNCc1cccc(CO)c1O. The average Bonchev–Trinajstić information content (AvgIpc) is 2.31. The summed E-state index contributed by atoms with van der Waals surface area (Å²) in [6.07, 6.45) is 0. The van der Waals surface area contributed by atoms with Crippen molar-refractivity contribution in [2.75, 3.05) is 13.2 Å². The van der Waals surface area contributed by atoms with Crippen LogP contribution in [0, 0.1) is 5.92 Å². The molecule has 0 saturated heterocycles. The molecule has 0 heterocycles. The van der Waals surface area contributed by atoms with Crippen molar-refractivity contribution in [3.05, 3.63) is 29.3 Å². The third-order valence-corrected chi connectivity index (χ3v) is 2.49. The van der Waals surface area contributed by atoms with E-state index in [2.05, 4.69) is 5.32 Å². The molecule has 0 aromatic heterocycles. The van der Waals surface area contributed by atoms with Crippen LogP contribution in [-0.2, 0) is 13.2 Å². The van der Waals surface area contributed by atoms with Crippen LogP contribution in [0.1, 0.15) is 18.1 Å². The van der Waals surface area contributed by atoms with Crippen molar-refractivity contribution >= 4 is 0 Å². The molecule has 1 atom stereocenters. The summed E-state index contributed by atoms with van der Waals surface area (Å²) in [7, 11) is 0. The van der Waals surface area contributed by atoms with E-state index in [0.29, 0.717) is 18.7 Å². The highest BCUT2D eigenvalue weighted by atomic mass is 16.3. The van der Waals surface area contributed by atoms with Gasteiger partial charge in [0.25, 0.3) is 0 Å². The monoisotopic (exact) mass is 225 g/mol. The molecule has 1 unspecified atom stereocenters. The molecular formula is C12H19NO3. The molecule has 4 N–H and O–H groups in total. The highest BCUT2D eigenvalue weighted by molar-refractivity contribution is 5.39. The van der Waals surface area contributed by atoms with Gasteiger partial charge in [-0.3, -0.25) is 0 Å². The molecule has 0 bridgehead atoms. The molecule has 0 aliphatic carbocycles. The number of para-hydroxylation sites is 1. The molecule has 0 fully saturated rings. The summed E-state index contributed by atoms with van der Waals surface area (Å²) in [5.74, 6) is 0.345. The maximum atomic E-state index is 9.76. The molecule has 1 rings (SSSR count). The van der Waals surface area contributed by atoms with Crippen LogP contribution in [0.3, 0.4) is 0 Å². The molecular weight excluding hydrogens is 206 g/mol. The third-order valence-electron chi connectivity index (χ3n) is 2.49. The van der Waals surface area contributed by atoms with Gasteiger partial charge in [-0.2, -0.15) is 0 Å². The van der Waals surface area contributed by atoms with Gasteiger partial charge in [-0.25, -0.2) is 0 Å². The van der Waals surface area contributed by atoms with Crippen LogP contribution in [0.2, 0.25) is 0 Å². The summed E-state index contributed by atoms with van der Waals surface area (Å²) >= 11 is 0. The van der Waals surface area contributed by atoms with Crippen molar-refractivity contribution in [3.63, 3.8) is 0 Å². The zero-order valence-corrected chi connectivity index (χ0v) is 9.48. The summed E-state index contributed by atoms with van der Waals surface area (Å²) in [4.78, 5) is 0. The van der Waals surface area contributed by atoms with Crippen molar-refractivity contribution < 1.29 is 15.3 Å². The van der Waals surface area contributed by atoms with E-state index < -0.39 is 0 Å². The van der Waals surface area contributed by atoms with Gasteiger partial charge in [0.2, 0.25) is 0 Å². The summed E-state index contributed by atoms with van der Waals surface area (Å²) in [5, 5.41) is 30.7. The fraction of sp³-hybridized carbons (Fsp3) is 0.500. The smallest absolute Gasteiger partial charge is 0.125 e. The Morgan fingerprint density at radius 2 is 1.94 bits per heavy atom. The van der Waals surface area contributed by atoms with Crippen LogP contribution in [0.25, 0.3) is 0 Å². The first kappa shape index (κ1) is 13.0. The third kappa shape index (κ3) is 3.48. The van der Waals surface area contributed by atoms with Crippen LogP contribution < -0.4 is 5.32 Å². The van der Waals surface area contributed by atoms with Crippen LogP contribution in [-0.4, -0.2) is 28.5 Å². The molecule has 90 valence electrons. The van der Waals surface area contributed by atoms with Crippen molar-refractivity contribution in [1.29, 1.82) is 0 Å². The highest BCUT2D eigenvalue weighted by Gasteiger charge is 2.06. The Kier molecular flexibility index (Phi) is 5.25. The Balaban J connectivity index is 2.54. The number of aliphatic hydroxyl groups is 2. The van der Waals surface area contributed by atoms with E-state index in [1.165, 1.54) is 0 Å². The zero-order chi connectivity index (χ0) is 12.0. The Bertz CT molecular complexity index is 328. The van der Waals surface area contributed by atoms with Gasteiger partial charge < -0.3 is 20.6 Å². The van der Waals surface area contributed by atoms with Crippen molar-refractivity contribution in [1.82, 2.24) is 5.32 Å². The second-order valence-electron chi connectivity index (χ2n) is 4.00. The van der Waals surface area contributed by atoms with E-state index in [0.717, 1.165) is 5.56 Å². The molecule has 0 radical (unpaired) electrons. The average molecular weight is 225 g/mol. The number of hydrogen-bond acceptors (Lipinski definition) is 4. The van der Waals surface area contributed by atoms with Crippen LogP contribution in [0.5, 0.6) is 5.75 Å². The normalized spacial score (nSPS) is 12.7. The predicted octanol–water partition coefficient (Wildman–Crippen LogP) is 0.602. The lowest BCUT2D eigenvalue weighted by molar-refractivity contribution is 0.233. The summed E-state index contributed by atoms with van der Waals surface area (Å²) in [6.45, 7) is 3.16. The Morgan fingerprint density at radius 3 is 2.56 bits per heavy atom. The second-order valence-corrected chi connectivity index (χ2v) is 4.00. The van der Waals surface area contributed by atoms with Gasteiger partial charge in [-0.05, 0) is 5.92 Å². The first-order chi connectivity index (χ1) is 7.69. The second kappa shape index (κ2) is 6.48. The van der Waals surface area contributed by atoms with Gasteiger partial charge in [0.05, 0.1) is 6.61 Å². The predicted molar refractivity (Wildman–Crippen MR) is 62.0 cm³/mol. The number of aliphatic hydroxyl groups excluding tert-OH is 2. The van der Waals surface area contributed by atoms with Gasteiger partial charge >= 0.3 is 0 Å². The minimum absolute atomic E-state index is 0.147. The van der Waals surface area contributed by atoms with Crippen LogP contribution in [0.15, 0.2) is 18.2 Å². The number of nitrogens with one attached hydrogen (secondary N) is 1. The van der Waals surface area contributed by atoms with Gasteiger partial charge in [0.15, 0.2) is 0 Å². The van der Waals surface area contributed by atoms with Gasteiger partial charge in [-0.1, -0.05) is 25.1 Å². The van der Waals surface area contributed by atoms with Crippen LogP contribution in [0.4, 0.5) is 0 Å². The molecule has 4 nitrogen and oxygen atoms in total. The van der Waals surface area contributed by atoms with E-state index >= 15 is 0 Å². The molecule has 1 aromatic rings. The molecule has 4 heteroatoms. The Labute approximate surface area is 95.6 Å². The van der Waals surface area contributed by atoms with Crippen molar-refractivity contribution in [3.8, 4) is 5.75 Å². The molecule has 1 aromatic carbocycles. The Hall–Kier alpha value is -1.10. The van der Waals surface area contributed by atoms with E-state index in [-0.39, 0.29) is 24.9 Å². The summed E-state index contributed by atoms with van der Waals surface area (Å²) in [5.41, 5.74) is 1.30. The topological polar surface area (TPSA) is 72.7 Å². The van der Waals surface area contributed by atoms with Crippen molar-refractivity contribution in [2.45, 2.75) is 20.1 Å². The lowest BCUT2D eigenvalue weighted by Crippen LogP contribution is -2.22. The van der Waals surface area contributed by atoms with E-state index in [9.17, 15) is 5.11 Å². The number of rotatable bonds is 6. The molecule has 16 heavy (non-hydrogen) atoms. The fourth-order valence-electron chi connectivity index (χ4n) is 1.43. The van der Waals surface area contributed by atoms with Gasteiger partial charge in [-0.15, -0.1) is 0 Å². The van der Waals surface area contributed by atoms with Gasteiger partial charge in [0, 0.05) is 30.8 Å². The fourth-order valence-corrected chi connectivity index (χ4v) is 1.43. The zero-order valence-electron chi connectivity index (χ0n) is 9.48. The summed E-state index contributed by atoms with van der Waals surface area (Å²) in [6, 6.07) is 5.30. The molecule has 0 amide bonds. The lowest BCUT2D eigenvalue weighted by atomic mass is 10.1. The minimum atomic E-state index is -0.160. The molecule has 0 aliphatic heterocycles. The first-order valence-corrected chi connectivity index (χ1v) is 5.41. The van der Waals surface area contributed by atoms with E-state index in [1.54, 1.807) is 12.1 Å². The van der Waals surface area contributed by atoms with Gasteiger partial charge in [0.1, 0.15) is 5.75 Å². The maximum absolute atomic E-state index is 9.76. The molecule has 0 saturated carbocycles. The largest absolute Gasteiger partial charge is 0.507 e. The molecule has 0 spiro atoms. The number of phenols is 1. The maximum Gasteiger partial charge on any atom is 0.125 e. The lowest BCUT2D eigenvalue weighted by Gasteiger charge is -2.11. The quantitative estimate of drug-likeness (QED) is 0.572. The Morgan fingerprint density at radius 1 is 1.25 bits per heavy atom. The van der Waals surface area contributed by atoms with Crippen molar-refractivity contribution in [2.24, 2.45) is 5.92 Å². The first-order valence-electron chi connectivity index (χ1n) is 5.41. The minimum Gasteiger partial charge on any atom is -0.507 e. The number of benzene rings is 1. The summed E-state index contributed by atoms with van der Waals surface area (Å²) < 4.78 is 0. The number of aromatic hydroxyl groups is 1. The molecule has 0 aliphatic rings. The standard InChI is InChI=1S/C12H19NO3/c1-9(7-14)5-13-6-10-3-2-4-11(8-15)12(10)16/h2-4,9,13-16H,5-8H2,1H3. The van der Waals surface area contributed by atoms with Crippen LogP contribution >= 0.6 is 0 Å². The van der Waals surface area contributed by atoms with E-state index in [4.69, 9.17) is 10.2 Å². The highest BCUT2D eigenvalue weighted by Crippen LogP contribution is 2.22.